The molecule has 33 heavy (non-hydrogen) atoms. The summed E-state index contributed by atoms with van der Waals surface area (Å²) in [6, 6.07) is 27.2. The van der Waals surface area contributed by atoms with E-state index in [0.717, 1.165) is 27.6 Å². The first-order valence-corrected chi connectivity index (χ1v) is 11.5. The van der Waals surface area contributed by atoms with Crippen molar-refractivity contribution in [3.8, 4) is 11.6 Å². The fourth-order valence-corrected chi connectivity index (χ4v) is 4.67. The summed E-state index contributed by atoms with van der Waals surface area (Å²) in [4.78, 5) is 4.73. The van der Waals surface area contributed by atoms with Crippen LogP contribution < -0.4 is 0 Å². The summed E-state index contributed by atoms with van der Waals surface area (Å²) >= 11 is 0. The number of fused-ring (bicyclic) bond motifs is 3. The van der Waals surface area contributed by atoms with Crippen molar-refractivity contribution in [2.24, 2.45) is 0 Å². The lowest BCUT2D eigenvalue weighted by Gasteiger charge is -2.26. The molecule has 0 radical (unpaired) electrons. The lowest BCUT2D eigenvalue weighted by atomic mass is 9.78. The molecule has 2 aromatic heterocycles. The molecule has 166 valence electrons. The van der Waals surface area contributed by atoms with Crippen molar-refractivity contribution < 1.29 is 5.11 Å². The van der Waals surface area contributed by atoms with Crippen molar-refractivity contribution in [2.45, 2.75) is 45.4 Å². The Bertz CT molecular complexity index is 1470. The third-order valence-corrected chi connectivity index (χ3v) is 6.81. The number of phenolic OH excluding ortho intramolecular Hbond substituents is 1. The molecule has 0 fully saturated rings. The molecule has 0 unspecified atom stereocenters. The summed E-state index contributed by atoms with van der Waals surface area (Å²) < 4.78 is 2.17. The van der Waals surface area contributed by atoms with Gasteiger partial charge in [-0.1, -0.05) is 71.0 Å². The van der Waals surface area contributed by atoms with Crippen molar-refractivity contribution >= 4 is 21.8 Å². The van der Waals surface area contributed by atoms with Crippen LogP contribution in [0.15, 0.2) is 85.1 Å². The maximum Gasteiger partial charge on any atom is 0.137 e. The molecule has 0 aliphatic rings. The molecule has 0 aliphatic carbocycles. The number of hydrogen-bond acceptors (Lipinski definition) is 2. The largest absolute Gasteiger partial charge is 0.508 e. The monoisotopic (exact) mass is 434 g/mol. The second-order valence-corrected chi connectivity index (χ2v) is 10.4. The van der Waals surface area contributed by atoms with Gasteiger partial charge in [0.2, 0.25) is 0 Å². The third kappa shape index (κ3) is 3.58. The van der Waals surface area contributed by atoms with Crippen LogP contribution in [-0.4, -0.2) is 14.7 Å². The minimum atomic E-state index is -0.134. The Morgan fingerprint density at radius 2 is 1.42 bits per heavy atom. The Kier molecular flexibility index (Phi) is 4.82. The Morgan fingerprint density at radius 3 is 2.15 bits per heavy atom. The Labute approximate surface area is 195 Å². The lowest BCUT2D eigenvalue weighted by Crippen LogP contribution is -2.18. The molecular formula is C30H30N2O. The highest BCUT2D eigenvalue weighted by Gasteiger charge is 2.25. The maximum absolute atomic E-state index is 10.3. The van der Waals surface area contributed by atoms with Crippen molar-refractivity contribution in [2.75, 3.05) is 0 Å². The van der Waals surface area contributed by atoms with Crippen molar-refractivity contribution in [1.29, 1.82) is 0 Å². The Hall–Kier alpha value is -3.59. The van der Waals surface area contributed by atoms with Crippen LogP contribution in [0, 0.1) is 0 Å². The zero-order chi connectivity index (χ0) is 23.4. The average molecular weight is 435 g/mol. The zero-order valence-electron chi connectivity index (χ0n) is 19.9. The molecule has 1 N–H and O–H groups in total. The van der Waals surface area contributed by atoms with Gasteiger partial charge in [-0.25, -0.2) is 4.98 Å². The van der Waals surface area contributed by atoms with Gasteiger partial charge in [-0.05, 0) is 58.5 Å². The summed E-state index contributed by atoms with van der Waals surface area (Å²) in [6.07, 6.45) is 1.88. The number of hydrogen-bond donors (Lipinski definition) is 1. The molecule has 3 heteroatoms. The number of aromatic nitrogens is 2. The summed E-state index contributed by atoms with van der Waals surface area (Å²) in [6.45, 7) is 11.2. The number of phenols is 1. The number of benzene rings is 3. The third-order valence-electron chi connectivity index (χ3n) is 6.81. The molecule has 0 atom stereocenters. The first-order chi connectivity index (χ1) is 15.7. The van der Waals surface area contributed by atoms with Gasteiger partial charge in [-0.15, -0.1) is 0 Å². The molecule has 0 saturated carbocycles. The lowest BCUT2D eigenvalue weighted by molar-refractivity contribution is 0.476. The summed E-state index contributed by atoms with van der Waals surface area (Å²) in [5.41, 5.74) is 5.69. The molecular weight excluding hydrogens is 404 g/mol. The molecule has 0 bridgehead atoms. The smallest absolute Gasteiger partial charge is 0.137 e. The fourth-order valence-electron chi connectivity index (χ4n) is 4.67. The molecule has 3 nitrogen and oxygen atoms in total. The van der Waals surface area contributed by atoms with E-state index in [1.165, 1.54) is 16.7 Å². The van der Waals surface area contributed by atoms with Crippen LogP contribution in [-0.2, 0) is 10.8 Å². The van der Waals surface area contributed by atoms with Crippen LogP contribution in [0.3, 0.4) is 0 Å². The number of nitrogens with zero attached hydrogens (tertiary/aromatic N) is 2. The topological polar surface area (TPSA) is 38.0 Å². The summed E-state index contributed by atoms with van der Waals surface area (Å²) in [7, 11) is 0. The van der Waals surface area contributed by atoms with Gasteiger partial charge in [0.1, 0.15) is 11.6 Å². The quantitative estimate of drug-likeness (QED) is 0.319. The maximum atomic E-state index is 10.3. The molecule has 0 spiro atoms. The molecule has 0 amide bonds. The SMILES string of the molecule is CC(C)(C)c1ccnc(-n2c3ccc(C(C)(C)c4ccccc4)cc3c3ccc(O)cc32)c1. The van der Waals surface area contributed by atoms with Crippen molar-refractivity contribution in [1.82, 2.24) is 9.55 Å². The van der Waals surface area contributed by atoms with E-state index < -0.39 is 0 Å². The summed E-state index contributed by atoms with van der Waals surface area (Å²) in [5.74, 6) is 1.12. The predicted octanol–water partition coefficient (Wildman–Crippen LogP) is 7.51. The van der Waals surface area contributed by atoms with Crippen LogP contribution in [0.1, 0.15) is 51.3 Å². The Morgan fingerprint density at radius 1 is 0.667 bits per heavy atom. The highest BCUT2D eigenvalue weighted by atomic mass is 16.3. The van der Waals surface area contributed by atoms with Gasteiger partial charge in [0.15, 0.2) is 0 Å². The van der Waals surface area contributed by atoms with E-state index in [4.69, 9.17) is 4.98 Å². The van der Waals surface area contributed by atoms with Gasteiger partial charge in [-0.3, -0.25) is 4.57 Å². The van der Waals surface area contributed by atoms with E-state index in [1.54, 1.807) is 6.07 Å². The van der Waals surface area contributed by atoms with Crippen LogP contribution in [0.2, 0.25) is 0 Å². The highest BCUT2D eigenvalue weighted by Crippen LogP contribution is 2.38. The normalized spacial score (nSPS) is 12.5. The van der Waals surface area contributed by atoms with Gasteiger partial charge in [0, 0.05) is 28.5 Å². The van der Waals surface area contributed by atoms with E-state index in [9.17, 15) is 5.11 Å². The molecule has 3 aromatic carbocycles. The molecule has 5 rings (SSSR count). The highest BCUT2D eigenvalue weighted by molar-refractivity contribution is 6.09. The van der Waals surface area contributed by atoms with Crippen LogP contribution >= 0.6 is 0 Å². The first kappa shape index (κ1) is 21.3. The van der Waals surface area contributed by atoms with Crippen molar-refractivity contribution in [3.63, 3.8) is 0 Å². The molecule has 0 saturated heterocycles. The average Bonchev–Trinajstić information content (AvgIpc) is 3.11. The number of pyridine rings is 1. The number of rotatable bonds is 3. The number of aromatic hydroxyl groups is 1. The second-order valence-electron chi connectivity index (χ2n) is 10.4. The predicted molar refractivity (Wildman–Crippen MR) is 138 cm³/mol. The minimum Gasteiger partial charge on any atom is -0.508 e. The first-order valence-electron chi connectivity index (χ1n) is 11.5. The van der Waals surface area contributed by atoms with E-state index in [-0.39, 0.29) is 16.6 Å². The van der Waals surface area contributed by atoms with E-state index in [1.807, 2.05) is 18.3 Å². The van der Waals surface area contributed by atoms with Crippen molar-refractivity contribution in [3.05, 3.63) is 102 Å². The molecule has 5 aromatic rings. The molecule has 0 aliphatic heterocycles. The van der Waals surface area contributed by atoms with E-state index >= 15 is 0 Å². The Balaban J connectivity index is 1.78. The van der Waals surface area contributed by atoms with E-state index in [2.05, 4.69) is 99.8 Å². The minimum absolute atomic E-state index is 0.0193. The van der Waals surface area contributed by atoms with Gasteiger partial charge in [0.25, 0.3) is 0 Å². The van der Waals surface area contributed by atoms with E-state index in [0.29, 0.717) is 0 Å². The standard InChI is InChI=1S/C30H30N2O/c1-29(2,3)21-15-16-31-28(18-21)32-26-14-11-22(30(4,5)20-9-7-6-8-10-20)17-25(26)24-13-12-23(33)19-27(24)32/h6-19,33H,1-5H3. The van der Waals surface area contributed by atoms with Crippen LogP contribution in [0.4, 0.5) is 0 Å². The zero-order valence-corrected chi connectivity index (χ0v) is 19.9. The molecule has 2 heterocycles. The van der Waals surface area contributed by atoms with Gasteiger partial charge >= 0.3 is 0 Å². The van der Waals surface area contributed by atoms with Crippen LogP contribution in [0.25, 0.3) is 27.6 Å². The van der Waals surface area contributed by atoms with Gasteiger partial charge in [0.05, 0.1) is 11.0 Å². The fraction of sp³-hybridized carbons (Fsp3) is 0.233. The summed E-state index contributed by atoms with van der Waals surface area (Å²) in [5, 5.41) is 12.6. The van der Waals surface area contributed by atoms with Gasteiger partial charge < -0.3 is 5.11 Å². The van der Waals surface area contributed by atoms with Gasteiger partial charge in [-0.2, -0.15) is 0 Å². The second kappa shape index (κ2) is 7.48. The van der Waals surface area contributed by atoms with Crippen LogP contribution in [0.5, 0.6) is 5.75 Å².